The van der Waals surface area contributed by atoms with Gasteiger partial charge in [-0.15, -0.1) is 0 Å². The van der Waals surface area contributed by atoms with Gasteiger partial charge in [-0.05, 0) is 29.8 Å². The van der Waals surface area contributed by atoms with Crippen LogP contribution in [-0.2, 0) is 6.61 Å². The fraction of sp³-hybridized carbons (Fsp3) is 0.0588. The predicted octanol–water partition coefficient (Wildman–Crippen LogP) is 3.15. The molecule has 4 aromatic rings. The summed E-state index contributed by atoms with van der Waals surface area (Å²) in [5.41, 5.74) is 5.23. The van der Waals surface area contributed by atoms with Crippen molar-refractivity contribution >= 4 is 5.65 Å². The molecule has 0 unspecified atom stereocenters. The van der Waals surface area contributed by atoms with E-state index in [1.807, 2.05) is 42.5 Å². The topological polar surface area (TPSA) is 63.6 Å². The molecule has 0 saturated carbocycles. The van der Waals surface area contributed by atoms with Gasteiger partial charge in [0.2, 0.25) is 0 Å². The number of aromatic nitrogens is 3. The van der Waals surface area contributed by atoms with E-state index in [0.717, 1.165) is 33.7 Å². The number of fused-ring (bicyclic) bond motifs is 1. The summed E-state index contributed by atoms with van der Waals surface area (Å²) in [6.07, 6.45) is 5.08. The summed E-state index contributed by atoms with van der Waals surface area (Å²) in [5.74, 6) is 0. The lowest BCUT2D eigenvalue weighted by atomic mass is 10.1. The zero-order valence-electron chi connectivity index (χ0n) is 11.7. The Morgan fingerprint density at radius 3 is 2.86 bits per heavy atom. The Morgan fingerprint density at radius 2 is 2.05 bits per heavy atom. The van der Waals surface area contributed by atoms with Gasteiger partial charge in [0.1, 0.15) is 0 Å². The molecule has 5 nitrogen and oxygen atoms in total. The van der Waals surface area contributed by atoms with Crippen molar-refractivity contribution in [3.8, 4) is 22.5 Å². The Kier molecular flexibility index (Phi) is 2.98. The van der Waals surface area contributed by atoms with Crippen LogP contribution in [0.1, 0.15) is 5.56 Å². The van der Waals surface area contributed by atoms with Crippen molar-refractivity contribution in [1.82, 2.24) is 14.6 Å². The van der Waals surface area contributed by atoms with Gasteiger partial charge in [0.25, 0.3) is 0 Å². The third-order valence-corrected chi connectivity index (χ3v) is 3.58. The number of aliphatic hydroxyl groups is 1. The number of furan rings is 1. The number of hydrogen-bond acceptors (Lipinski definition) is 4. The highest BCUT2D eigenvalue weighted by molar-refractivity contribution is 5.65. The van der Waals surface area contributed by atoms with Crippen molar-refractivity contribution in [2.75, 3.05) is 0 Å². The third-order valence-electron chi connectivity index (χ3n) is 3.58. The van der Waals surface area contributed by atoms with Crippen molar-refractivity contribution in [2.45, 2.75) is 6.61 Å². The summed E-state index contributed by atoms with van der Waals surface area (Å²) in [4.78, 5) is 4.36. The summed E-state index contributed by atoms with van der Waals surface area (Å²) in [7, 11) is 0. The molecule has 5 heteroatoms. The highest BCUT2D eigenvalue weighted by atomic mass is 16.3. The monoisotopic (exact) mass is 291 g/mol. The van der Waals surface area contributed by atoms with Gasteiger partial charge in [-0.1, -0.05) is 18.2 Å². The first-order valence-electron chi connectivity index (χ1n) is 6.93. The lowest BCUT2D eigenvalue weighted by molar-refractivity contribution is 0.282. The van der Waals surface area contributed by atoms with Crippen molar-refractivity contribution in [3.05, 3.63) is 66.8 Å². The predicted molar refractivity (Wildman–Crippen MR) is 82.0 cm³/mol. The minimum Gasteiger partial charge on any atom is -0.472 e. The van der Waals surface area contributed by atoms with Gasteiger partial charge in [0, 0.05) is 11.1 Å². The van der Waals surface area contributed by atoms with Crippen LogP contribution in [0.5, 0.6) is 0 Å². The number of imidazole rings is 1. The van der Waals surface area contributed by atoms with Crippen molar-refractivity contribution in [1.29, 1.82) is 0 Å². The fourth-order valence-corrected chi connectivity index (χ4v) is 2.46. The van der Waals surface area contributed by atoms with E-state index in [2.05, 4.69) is 10.1 Å². The maximum atomic E-state index is 9.27. The number of hydrogen-bond donors (Lipinski definition) is 1. The normalized spacial score (nSPS) is 11.1. The number of aliphatic hydroxyl groups excluding tert-OH is 1. The Hall–Kier alpha value is -2.92. The van der Waals surface area contributed by atoms with E-state index in [1.54, 1.807) is 23.2 Å². The molecule has 0 bridgehead atoms. The van der Waals surface area contributed by atoms with Crippen LogP contribution in [0.3, 0.4) is 0 Å². The quantitative estimate of drug-likeness (QED) is 0.630. The fourth-order valence-electron chi connectivity index (χ4n) is 2.46. The van der Waals surface area contributed by atoms with Gasteiger partial charge < -0.3 is 9.52 Å². The summed E-state index contributed by atoms with van der Waals surface area (Å²) in [5, 5.41) is 13.9. The molecule has 0 aliphatic heterocycles. The van der Waals surface area contributed by atoms with Crippen molar-refractivity contribution in [3.63, 3.8) is 0 Å². The molecular formula is C17H13N3O2. The van der Waals surface area contributed by atoms with E-state index in [4.69, 9.17) is 4.42 Å². The second-order valence-corrected chi connectivity index (χ2v) is 5.00. The molecule has 3 heterocycles. The second-order valence-electron chi connectivity index (χ2n) is 5.00. The van der Waals surface area contributed by atoms with Gasteiger partial charge in [-0.3, -0.25) is 0 Å². The molecule has 0 fully saturated rings. The summed E-state index contributed by atoms with van der Waals surface area (Å²) in [6, 6.07) is 13.4. The van der Waals surface area contributed by atoms with Crippen LogP contribution < -0.4 is 0 Å². The third kappa shape index (κ3) is 2.08. The highest BCUT2D eigenvalue weighted by Crippen LogP contribution is 2.23. The molecule has 4 rings (SSSR count). The van der Waals surface area contributed by atoms with E-state index in [1.165, 1.54) is 0 Å². The van der Waals surface area contributed by atoms with Crippen LogP contribution in [0.4, 0.5) is 0 Å². The first-order chi connectivity index (χ1) is 10.8. The van der Waals surface area contributed by atoms with Gasteiger partial charge in [0.05, 0.1) is 36.7 Å². The minimum absolute atomic E-state index is 0.0153. The van der Waals surface area contributed by atoms with Crippen LogP contribution in [0.25, 0.3) is 28.2 Å². The molecule has 0 amide bonds. The smallest absolute Gasteiger partial charge is 0.154 e. The average Bonchev–Trinajstić information content (AvgIpc) is 3.23. The van der Waals surface area contributed by atoms with Crippen LogP contribution in [0, 0.1) is 0 Å². The Balaban J connectivity index is 1.87. The van der Waals surface area contributed by atoms with Gasteiger partial charge in [-0.2, -0.15) is 5.10 Å². The number of benzene rings is 1. The van der Waals surface area contributed by atoms with E-state index < -0.39 is 0 Å². The lowest BCUT2D eigenvalue weighted by Crippen LogP contribution is -1.96. The molecule has 0 spiro atoms. The maximum Gasteiger partial charge on any atom is 0.154 e. The van der Waals surface area contributed by atoms with Crippen LogP contribution in [-0.4, -0.2) is 19.7 Å². The zero-order valence-corrected chi connectivity index (χ0v) is 11.7. The standard InChI is InChI=1S/C17H13N3O2/c21-10-12-2-1-3-13(8-12)15-4-5-17-18-9-16(20(17)19-15)14-6-7-22-11-14/h1-9,11,21H,10H2. The van der Waals surface area contributed by atoms with Gasteiger partial charge in [0.15, 0.2) is 5.65 Å². The Morgan fingerprint density at radius 1 is 1.09 bits per heavy atom. The van der Waals surface area contributed by atoms with Crippen molar-refractivity contribution < 1.29 is 9.52 Å². The van der Waals surface area contributed by atoms with E-state index >= 15 is 0 Å². The summed E-state index contributed by atoms with van der Waals surface area (Å²) in [6.45, 7) is 0.0153. The first kappa shape index (κ1) is 12.8. The van der Waals surface area contributed by atoms with E-state index in [0.29, 0.717) is 0 Å². The Labute approximate surface area is 126 Å². The van der Waals surface area contributed by atoms with Crippen LogP contribution >= 0.6 is 0 Å². The van der Waals surface area contributed by atoms with Crippen LogP contribution in [0.2, 0.25) is 0 Å². The molecule has 1 N–H and O–H groups in total. The molecule has 0 atom stereocenters. The van der Waals surface area contributed by atoms with Crippen molar-refractivity contribution in [2.24, 2.45) is 0 Å². The van der Waals surface area contributed by atoms with Gasteiger partial charge in [-0.25, -0.2) is 9.50 Å². The molecule has 0 radical (unpaired) electrons. The Bertz CT molecular complexity index is 926. The molecule has 0 aliphatic rings. The number of rotatable bonds is 3. The molecular weight excluding hydrogens is 278 g/mol. The molecule has 0 aliphatic carbocycles. The van der Waals surface area contributed by atoms with E-state index in [-0.39, 0.29) is 6.61 Å². The molecule has 3 aromatic heterocycles. The lowest BCUT2D eigenvalue weighted by Gasteiger charge is -2.05. The maximum absolute atomic E-state index is 9.27. The largest absolute Gasteiger partial charge is 0.472 e. The minimum atomic E-state index is 0.0153. The molecule has 108 valence electrons. The highest BCUT2D eigenvalue weighted by Gasteiger charge is 2.10. The second kappa shape index (κ2) is 5.13. The number of nitrogens with zero attached hydrogens (tertiary/aromatic N) is 3. The molecule has 1 aromatic carbocycles. The van der Waals surface area contributed by atoms with Crippen LogP contribution in [0.15, 0.2) is 65.6 Å². The SMILES string of the molecule is OCc1cccc(-c2ccc3ncc(-c4ccoc4)n3n2)c1. The zero-order chi connectivity index (χ0) is 14.9. The molecule has 22 heavy (non-hydrogen) atoms. The summed E-state index contributed by atoms with van der Waals surface area (Å²) < 4.78 is 6.93. The molecule has 0 saturated heterocycles. The van der Waals surface area contributed by atoms with E-state index in [9.17, 15) is 5.11 Å². The average molecular weight is 291 g/mol. The summed E-state index contributed by atoms with van der Waals surface area (Å²) >= 11 is 0. The first-order valence-corrected chi connectivity index (χ1v) is 6.93. The van der Waals surface area contributed by atoms with Gasteiger partial charge >= 0.3 is 0 Å².